The summed E-state index contributed by atoms with van der Waals surface area (Å²) >= 11 is 0. The van der Waals surface area contributed by atoms with Crippen molar-refractivity contribution in [3.8, 4) is 0 Å². The van der Waals surface area contributed by atoms with Gasteiger partial charge in [-0.15, -0.1) is 0 Å². The molecule has 1 aromatic rings. The molecule has 3 nitrogen and oxygen atoms in total. The maximum absolute atomic E-state index is 4.21. The number of rotatable bonds is 8. The van der Waals surface area contributed by atoms with Crippen molar-refractivity contribution in [2.24, 2.45) is 13.0 Å². The summed E-state index contributed by atoms with van der Waals surface area (Å²) < 4.78 is 1.95. The molecule has 0 radical (unpaired) electrons. The molecular weight excluding hydrogens is 210 g/mol. The van der Waals surface area contributed by atoms with E-state index in [9.17, 15) is 0 Å². The molecule has 0 saturated heterocycles. The molecule has 1 rings (SSSR count). The van der Waals surface area contributed by atoms with Gasteiger partial charge in [0.15, 0.2) is 0 Å². The van der Waals surface area contributed by atoms with Gasteiger partial charge in [0.05, 0.1) is 5.69 Å². The minimum Gasteiger partial charge on any atom is -0.309 e. The van der Waals surface area contributed by atoms with E-state index in [0.29, 0.717) is 6.04 Å². The SMILES string of the molecule is CCCCC(CC)CNC(C)c1ccnn1C. The van der Waals surface area contributed by atoms with Gasteiger partial charge >= 0.3 is 0 Å². The molecule has 0 aromatic carbocycles. The Hall–Kier alpha value is -0.830. The van der Waals surface area contributed by atoms with Crippen LogP contribution in [-0.2, 0) is 7.05 Å². The standard InChI is InChI=1S/C14H27N3/c1-5-7-8-13(6-2)11-15-12(3)14-9-10-16-17(14)4/h9-10,12-13,15H,5-8,11H2,1-4H3. The number of nitrogens with one attached hydrogen (secondary N) is 1. The molecule has 2 atom stereocenters. The first-order valence-corrected chi connectivity index (χ1v) is 6.90. The fourth-order valence-corrected chi connectivity index (χ4v) is 2.20. The van der Waals surface area contributed by atoms with Gasteiger partial charge in [0, 0.05) is 19.3 Å². The van der Waals surface area contributed by atoms with Crippen molar-refractivity contribution in [2.45, 2.75) is 52.5 Å². The van der Waals surface area contributed by atoms with Crippen molar-refractivity contribution < 1.29 is 0 Å². The second-order valence-corrected chi connectivity index (χ2v) is 4.93. The molecule has 1 heterocycles. The molecule has 0 aliphatic rings. The lowest BCUT2D eigenvalue weighted by Crippen LogP contribution is -2.26. The van der Waals surface area contributed by atoms with Gasteiger partial charge in [0.2, 0.25) is 0 Å². The van der Waals surface area contributed by atoms with E-state index >= 15 is 0 Å². The summed E-state index contributed by atoms with van der Waals surface area (Å²) in [6.45, 7) is 7.88. The van der Waals surface area contributed by atoms with Crippen molar-refractivity contribution in [1.82, 2.24) is 15.1 Å². The van der Waals surface area contributed by atoms with E-state index in [2.05, 4.69) is 37.3 Å². The highest BCUT2D eigenvalue weighted by atomic mass is 15.3. The fraction of sp³-hybridized carbons (Fsp3) is 0.786. The Bertz CT molecular complexity index is 306. The highest BCUT2D eigenvalue weighted by Crippen LogP contribution is 2.15. The zero-order valence-corrected chi connectivity index (χ0v) is 11.7. The smallest absolute Gasteiger partial charge is 0.0547 e. The van der Waals surface area contributed by atoms with Crippen LogP contribution in [-0.4, -0.2) is 16.3 Å². The van der Waals surface area contributed by atoms with Gasteiger partial charge in [-0.3, -0.25) is 4.68 Å². The van der Waals surface area contributed by atoms with Crippen molar-refractivity contribution >= 4 is 0 Å². The molecule has 3 heteroatoms. The highest BCUT2D eigenvalue weighted by molar-refractivity contribution is 5.05. The summed E-state index contributed by atoms with van der Waals surface area (Å²) in [7, 11) is 2.00. The average Bonchev–Trinajstić information content (AvgIpc) is 2.75. The second-order valence-electron chi connectivity index (χ2n) is 4.93. The number of unbranched alkanes of at least 4 members (excludes halogenated alkanes) is 1. The molecule has 17 heavy (non-hydrogen) atoms. The molecule has 98 valence electrons. The van der Waals surface area contributed by atoms with Gasteiger partial charge < -0.3 is 5.32 Å². The topological polar surface area (TPSA) is 29.9 Å². The molecule has 0 aliphatic carbocycles. The van der Waals surface area contributed by atoms with Crippen LogP contribution in [0, 0.1) is 5.92 Å². The Morgan fingerprint density at radius 3 is 2.71 bits per heavy atom. The van der Waals surface area contributed by atoms with Crippen LogP contribution in [0.4, 0.5) is 0 Å². The molecule has 0 amide bonds. The minimum absolute atomic E-state index is 0.387. The predicted octanol–water partition coefficient (Wildman–Crippen LogP) is 3.29. The summed E-state index contributed by atoms with van der Waals surface area (Å²) in [6.07, 6.45) is 7.12. The van der Waals surface area contributed by atoms with Gasteiger partial charge in [-0.05, 0) is 31.9 Å². The number of hydrogen-bond donors (Lipinski definition) is 1. The largest absolute Gasteiger partial charge is 0.309 e. The van der Waals surface area contributed by atoms with E-state index in [4.69, 9.17) is 0 Å². The van der Waals surface area contributed by atoms with Crippen LogP contribution in [0.25, 0.3) is 0 Å². The predicted molar refractivity (Wildman–Crippen MR) is 72.9 cm³/mol. The minimum atomic E-state index is 0.387. The van der Waals surface area contributed by atoms with E-state index in [-0.39, 0.29) is 0 Å². The molecule has 0 aliphatic heterocycles. The normalized spacial score (nSPS) is 14.8. The number of aryl methyl sites for hydroxylation is 1. The lowest BCUT2D eigenvalue weighted by molar-refractivity contribution is 0.392. The Morgan fingerprint density at radius 1 is 1.41 bits per heavy atom. The highest BCUT2D eigenvalue weighted by Gasteiger charge is 2.11. The summed E-state index contributed by atoms with van der Waals surface area (Å²) in [5.74, 6) is 0.811. The van der Waals surface area contributed by atoms with Crippen LogP contribution >= 0.6 is 0 Å². The van der Waals surface area contributed by atoms with Crippen molar-refractivity contribution in [3.63, 3.8) is 0 Å². The quantitative estimate of drug-likeness (QED) is 0.752. The van der Waals surface area contributed by atoms with E-state index < -0.39 is 0 Å². The summed E-state index contributed by atoms with van der Waals surface area (Å²) in [5.41, 5.74) is 1.26. The molecule has 0 bridgehead atoms. The van der Waals surface area contributed by atoms with E-state index in [1.807, 2.05) is 17.9 Å². The van der Waals surface area contributed by atoms with E-state index in [1.54, 1.807) is 0 Å². The summed E-state index contributed by atoms with van der Waals surface area (Å²) in [6, 6.07) is 2.48. The zero-order chi connectivity index (χ0) is 12.7. The lowest BCUT2D eigenvalue weighted by atomic mass is 9.99. The molecule has 2 unspecified atom stereocenters. The Morgan fingerprint density at radius 2 is 2.18 bits per heavy atom. The van der Waals surface area contributed by atoms with Gasteiger partial charge in [0.1, 0.15) is 0 Å². The number of aromatic nitrogens is 2. The first-order valence-electron chi connectivity index (χ1n) is 6.90. The summed E-state index contributed by atoms with van der Waals surface area (Å²) in [5, 5.41) is 7.84. The Balaban J connectivity index is 2.36. The molecule has 0 saturated carbocycles. The fourth-order valence-electron chi connectivity index (χ4n) is 2.20. The van der Waals surface area contributed by atoms with Crippen LogP contribution in [0.5, 0.6) is 0 Å². The van der Waals surface area contributed by atoms with Gasteiger partial charge in [-0.1, -0.05) is 33.1 Å². The maximum Gasteiger partial charge on any atom is 0.0547 e. The third-order valence-corrected chi connectivity index (χ3v) is 3.56. The Kier molecular flexibility index (Phi) is 6.27. The van der Waals surface area contributed by atoms with Gasteiger partial charge in [-0.2, -0.15) is 5.10 Å². The molecule has 1 aromatic heterocycles. The lowest BCUT2D eigenvalue weighted by Gasteiger charge is -2.19. The van der Waals surface area contributed by atoms with Crippen molar-refractivity contribution in [3.05, 3.63) is 18.0 Å². The summed E-state index contributed by atoms with van der Waals surface area (Å²) in [4.78, 5) is 0. The van der Waals surface area contributed by atoms with Crippen molar-refractivity contribution in [2.75, 3.05) is 6.54 Å². The van der Waals surface area contributed by atoms with Gasteiger partial charge in [0.25, 0.3) is 0 Å². The van der Waals surface area contributed by atoms with Crippen LogP contribution < -0.4 is 5.32 Å². The van der Waals surface area contributed by atoms with Crippen molar-refractivity contribution in [1.29, 1.82) is 0 Å². The second kappa shape index (κ2) is 7.49. The van der Waals surface area contributed by atoms with Crippen LogP contribution in [0.15, 0.2) is 12.3 Å². The molecule has 1 N–H and O–H groups in total. The van der Waals surface area contributed by atoms with E-state index in [0.717, 1.165) is 12.5 Å². The van der Waals surface area contributed by atoms with Gasteiger partial charge in [-0.25, -0.2) is 0 Å². The zero-order valence-electron chi connectivity index (χ0n) is 11.7. The maximum atomic E-state index is 4.21. The van der Waals surface area contributed by atoms with Crippen LogP contribution in [0.1, 0.15) is 58.2 Å². The Labute approximate surface area is 106 Å². The third-order valence-electron chi connectivity index (χ3n) is 3.56. The first kappa shape index (κ1) is 14.2. The third kappa shape index (κ3) is 4.50. The van der Waals surface area contributed by atoms with Crippen LogP contribution in [0.3, 0.4) is 0 Å². The molecule has 0 spiro atoms. The average molecular weight is 237 g/mol. The first-order chi connectivity index (χ1) is 8.19. The number of nitrogens with zero attached hydrogens (tertiary/aromatic N) is 2. The molecule has 0 fully saturated rings. The van der Waals surface area contributed by atoms with E-state index in [1.165, 1.54) is 31.4 Å². The molecular formula is C14H27N3. The van der Waals surface area contributed by atoms with Crippen LogP contribution in [0.2, 0.25) is 0 Å². The monoisotopic (exact) mass is 237 g/mol. The number of hydrogen-bond acceptors (Lipinski definition) is 2.